The third-order valence-electron chi connectivity index (χ3n) is 5.97. The molecule has 0 saturated carbocycles. The molecule has 9 nitrogen and oxygen atoms in total. The average molecular weight is 542 g/mol. The third-order valence-corrected chi connectivity index (χ3v) is 5.97. The van der Waals surface area contributed by atoms with Crippen molar-refractivity contribution in [1.82, 2.24) is 14.9 Å². The van der Waals surface area contributed by atoms with Gasteiger partial charge in [0.05, 0.1) is 5.56 Å². The summed E-state index contributed by atoms with van der Waals surface area (Å²) in [5, 5.41) is 2.77. The van der Waals surface area contributed by atoms with Gasteiger partial charge in [-0.2, -0.15) is 17.6 Å². The molecule has 0 radical (unpaired) electrons. The van der Waals surface area contributed by atoms with Gasteiger partial charge in [-0.15, -0.1) is 12.8 Å². The molecule has 2 amide bonds. The van der Waals surface area contributed by atoms with E-state index in [0.29, 0.717) is 51.4 Å². The van der Waals surface area contributed by atoms with E-state index in [2.05, 4.69) is 33.9 Å². The topological polar surface area (TPSA) is 130 Å². The molecule has 0 unspecified atom stereocenters. The van der Waals surface area contributed by atoms with Crippen molar-refractivity contribution in [2.45, 2.75) is 43.9 Å². The van der Waals surface area contributed by atoms with Crippen LogP contribution in [0.15, 0.2) is 24.5 Å². The number of piperidine rings is 2. The van der Waals surface area contributed by atoms with Crippen molar-refractivity contribution in [3.05, 3.63) is 41.7 Å². The number of carbonyl (C=O) groups excluding carboxylic acids is 2. The van der Waals surface area contributed by atoms with E-state index in [4.69, 9.17) is 10.5 Å². The number of hydrogen-bond donors (Lipinski definition) is 3. The Morgan fingerprint density at radius 2 is 1.74 bits per heavy atom. The number of hydrogen-bond acceptors (Lipinski definition) is 7. The van der Waals surface area contributed by atoms with E-state index in [0.717, 1.165) is 12.1 Å². The number of nitrogens with one attached hydrogen (secondary N) is 1. The molecule has 2 aromatic rings. The Morgan fingerprint density at radius 1 is 1.08 bits per heavy atom. The van der Waals surface area contributed by atoms with Crippen LogP contribution in [0.4, 0.5) is 39.3 Å². The van der Waals surface area contributed by atoms with Crippen LogP contribution in [-0.2, 0) is 15.8 Å². The van der Waals surface area contributed by atoms with E-state index in [1.54, 1.807) is 9.80 Å². The molecule has 206 valence electrons. The fourth-order valence-corrected chi connectivity index (χ4v) is 4.43. The van der Waals surface area contributed by atoms with E-state index < -0.39 is 29.4 Å². The molecule has 0 bridgehead atoms. The number of anilines is 3. The van der Waals surface area contributed by atoms with E-state index in [1.807, 2.05) is 0 Å². The largest absolute Gasteiger partial charge is 0.416 e. The number of halogens is 5. The van der Waals surface area contributed by atoms with Gasteiger partial charge < -0.3 is 26.6 Å². The molecule has 0 aliphatic carbocycles. The zero-order valence-corrected chi connectivity index (χ0v) is 20.3. The highest BCUT2D eigenvalue weighted by molar-refractivity contribution is 5.86. The lowest BCUT2D eigenvalue weighted by atomic mass is 9.97. The van der Waals surface area contributed by atoms with Gasteiger partial charge in [-0.3, -0.25) is 9.59 Å². The van der Waals surface area contributed by atoms with Crippen molar-refractivity contribution in [3.8, 4) is 12.8 Å². The molecule has 38 heavy (non-hydrogen) atoms. The van der Waals surface area contributed by atoms with Crippen LogP contribution in [0, 0.1) is 24.5 Å². The first-order valence-corrected chi connectivity index (χ1v) is 11.5. The monoisotopic (exact) mass is 541 g/mol. The normalized spacial score (nSPS) is 19.4. The number of alkyl halides is 3. The summed E-state index contributed by atoms with van der Waals surface area (Å²) in [6.45, 7) is 1.35. The van der Waals surface area contributed by atoms with Gasteiger partial charge in [-0.05, 0) is 43.9 Å². The highest BCUT2D eigenvalue weighted by Crippen LogP contribution is 2.33. The maximum Gasteiger partial charge on any atom is 0.416 e. The molecule has 14 heteroatoms. The molecule has 3 heterocycles. The number of benzene rings is 1. The molecular formula is C24H28F5N7O2. The lowest BCUT2D eigenvalue weighted by Crippen LogP contribution is -2.56. The number of amides is 2. The lowest BCUT2D eigenvalue weighted by Gasteiger charge is -2.43. The predicted molar refractivity (Wildman–Crippen MR) is 132 cm³/mol. The number of nitrogens with zero attached hydrogens (tertiary/aromatic N) is 4. The van der Waals surface area contributed by atoms with Crippen LogP contribution in [0.25, 0.3) is 0 Å². The second-order valence-corrected chi connectivity index (χ2v) is 8.37. The number of terminal acetylenes is 1. The summed E-state index contributed by atoms with van der Waals surface area (Å²) in [6.07, 6.45) is 7.13. The summed E-state index contributed by atoms with van der Waals surface area (Å²) in [7, 11) is 0. The summed E-state index contributed by atoms with van der Waals surface area (Å²) in [4.78, 5) is 32.7. The minimum absolute atomic E-state index is 0.0748. The minimum Gasteiger partial charge on any atom is -0.381 e. The molecule has 2 saturated heterocycles. The number of aromatic nitrogens is 2. The van der Waals surface area contributed by atoms with Crippen molar-refractivity contribution in [1.29, 1.82) is 0 Å². The quantitative estimate of drug-likeness (QED) is 0.308. The maximum atomic E-state index is 14.4. The van der Waals surface area contributed by atoms with Gasteiger partial charge in [-0.1, -0.05) is 0 Å². The first-order chi connectivity index (χ1) is 18.0. The van der Waals surface area contributed by atoms with Gasteiger partial charge in [0, 0.05) is 31.4 Å². The highest BCUT2D eigenvalue weighted by atomic mass is 19.4. The van der Waals surface area contributed by atoms with Crippen LogP contribution < -0.4 is 21.7 Å². The Morgan fingerprint density at radius 3 is 2.39 bits per heavy atom. The smallest absolute Gasteiger partial charge is 0.381 e. The van der Waals surface area contributed by atoms with Gasteiger partial charge >= 0.3 is 6.18 Å². The molecule has 1 aromatic carbocycles. The Hall–Kier alpha value is -4.15. The van der Waals surface area contributed by atoms with Crippen molar-refractivity contribution < 1.29 is 31.5 Å². The molecule has 0 spiro atoms. The second kappa shape index (κ2) is 13.4. The third kappa shape index (κ3) is 7.44. The van der Waals surface area contributed by atoms with E-state index in [-0.39, 0.29) is 35.7 Å². The first-order valence-electron chi connectivity index (χ1n) is 11.5. The molecule has 1 aromatic heterocycles. The molecule has 2 atom stereocenters. The standard InChI is InChI=1S/C21H23F5N6O.C2H2.CH3NO/c22-13-7-12(21(24,25)26)8-14(9-13)30-16-4-2-6-32(20(16)33)15-3-1-5-31(10-15)19-17(23)18(27)28-11-29-19;1-2;2-1-3/h7-9,11,15-16,30H,1-6,10H2,(H2,27,28,29);1-2H;1H,(H2,2,3)/t15-,16-;;/m1../s1. The minimum atomic E-state index is -4.70. The van der Waals surface area contributed by atoms with Crippen molar-refractivity contribution in [2.24, 2.45) is 5.73 Å². The molecule has 4 rings (SSSR count). The van der Waals surface area contributed by atoms with Crippen LogP contribution in [0.1, 0.15) is 31.2 Å². The summed E-state index contributed by atoms with van der Waals surface area (Å²) in [5.74, 6) is -2.22. The van der Waals surface area contributed by atoms with E-state index in [9.17, 15) is 26.7 Å². The molecule has 2 fully saturated rings. The molecule has 5 N–H and O–H groups in total. The van der Waals surface area contributed by atoms with Crippen molar-refractivity contribution in [3.63, 3.8) is 0 Å². The Balaban J connectivity index is 0.000000947. The fourth-order valence-electron chi connectivity index (χ4n) is 4.43. The van der Waals surface area contributed by atoms with Crippen LogP contribution in [0.5, 0.6) is 0 Å². The molecule has 2 aliphatic rings. The van der Waals surface area contributed by atoms with Gasteiger partial charge in [0.25, 0.3) is 0 Å². The summed E-state index contributed by atoms with van der Waals surface area (Å²) in [6, 6.07) is 1.12. The van der Waals surface area contributed by atoms with Gasteiger partial charge in [-0.25, -0.2) is 14.4 Å². The van der Waals surface area contributed by atoms with E-state index in [1.165, 1.54) is 6.33 Å². The number of rotatable bonds is 4. The van der Waals surface area contributed by atoms with Gasteiger partial charge in [0.15, 0.2) is 11.6 Å². The summed E-state index contributed by atoms with van der Waals surface area (Å²) < 4.78 is 67.2. The number of nitrogen functional groups attached to an aromatic ring is 1. The maximum absolute atomic E-state index is 14.4. The van der Waals surface area contributed by atoms with Crippen LogP contribution >= 0.6 is 0 Å². The fraction of sp³-hybridized carbons (Fsp3) is 0.417. The summed E-state index contributed by atoms with van der Waals surface area (Å²) >= 11 is 0. The number of nitrogens with two attached hydrogens (primary N) is 2. The SMILES string of the molecule is C#C.NC=O.Nc1ncnc(N2CCC[C@@H](N3CCC[C@@H](Nc4cc(F)cc(C(F)(F)F)c4)C3=O)C2)c1F. The highest BCUT2D eigenvalue weighted by Gasteiger charge is 2.37. The number of likely N-dealkylation sites (tertiary alicyclic amines) is 1. The predicted octanol–water partition coefficient (Wildman–Crippen LogP) is 2.78. The Kier molecular flexibility index (Phi) is 10.6. The van der Waals surface area contributed by atoms with Crippen LogP contribution in [-0.4, -0.2) is 58.9 Å². The lowest BCUT2D eigenvalue weighted by molar-refractivity contribution is -0.138. The van der Waals surface area contributed by atoms with Crippen molar-refractivity contribution in [2.75, 3.05) is 35.6 Å². The number of carbonyl (C=O) groups is 2. The van der Waals surface area contributed by atoms with Gasteiger partial charge in [0.2, 0.25) is 18.1 Å². The van der Waals surface area contributed by atoms with E-state index >= 15 is 0 Å². The molecule has 2 aliphatic heterocycles. The first kappa shape index (κ1) is 30.1. The zero-order valence-electron chi connectivity index (χ0n) is 20.3. The zero-order chi connectivity index (χ0) is 28.5. The van der Waals surface area contributed by atoms with Crippen molar-refractivity contribution >= 4 is 29.6 Å². The Labute approximate surface area is 216 Å². The summed E-state index contributed by atoms with van der Waals surface area (Å²) in [5.41, 5.74) is 8.48. The van der Waals surface area contributed by atoms with Gasteiger partial charge in [0.1, 0.15) is 18.2 Å². The Bertz CT molecular complexity index is 1130. The van der Waals surface area contributed by atoms with Crippen LogP contribution in [0.2, 0.25) is 0 Å². The molecular weight excluding hydrogens is 513 g/mol. The number of primary amides is 1. The van der Waals surface area contributed by atoms with Crippen LogP contribution in [0.3, 0.4) is 0 Å². The second-order valence-electron chi connectivity index (χ2n) is 8.37. The average Bonchev–Trinajstić information content (AvgIpc) is 2.88.